The fraction of sp³-hybridized carbons (Fsp3) is 0.462. The number of carbonyl (C=O) groups is 1. The Balaban J connectivity index is 2.52. The summed E-state index contributed by atoms with van der Waals surface area (Å²) in [6.07, 6.45) is 0.391. The van der Waals surface area contributed by atoms with Crippen molar-refractivity contribution in [2.45, 2.75) is 6.42 Å². The highest BCUT2D eigenvalue weighted by Gasteiger charge is 2.14. The zero-order chi connectivity index (χ0) is 15.9. The van der Waals surface area contributed by atoms with Gasteiger partial charge in [-0.2, -0.15) is 0 Å². The Morgan fingerprint density at radius 1 is 1.48 bits per heavy atom. The zero-order valence-electron chi connectivity index (χ0n) is 11.9. The Kier molecular flexibility index (Phi) is 6.84. The number of hydrogen-bond donors (Lipinski definition) is 2. The minimum absolute atomic E-state index is 0.00602. The SMILES string of the molecule is CN(C)S(=O)(=O)CCNC(=O)c1csc(C#CCCO)c1. The van der Waals surface area contributed by atoms with E-state index in [1.807, 2.05) is 0 Å². The van der Waals surface area contributed by atoms with Crippen molar-refractivity contribution in [2.24, 2.45) is 0 Å². The van der Waals surface area contributed by atoms with Crippen molar-refractivity contribution in [2.75, 3.05) is 33.0 Å². The summed E-state index contributed by atoms with van der Waals surface area (Å²) in [6.45, 7) is 0.0623. The lowest BCUT2D eigenvalue weighted by molar-refractivity contribution is 0.0956. The number of nitrogens with one attached hydrogen (secondary N) is 1. The van der Waals surface area contributed by atoms with E-state index in [1.54, 1.807) is 11.4 Å². The molecule has 0 aliphatic heterocycles. The van der Waals surface area contributed by atoms with Gasteiger partial charge in [-0.3, -0.25) is 4.79 Å². The van der Waals surface area contributed by atoms with E-state index in [1.165, 1.54) is 25.4 Å². The molecular weight excluding hydrogens is 312 g/mol. The fourth-order valence-corrected chi connectivity index (χ4v) is 2.78. The highest BCUT2D eigenvalue weighted by molar-refractivity contribution is 7.89. The molecule has 0 saturated carbocycles. The van der Waals surface area contributed by atoms with Gasteiger partial charge in [0.2, 0.25) is 10.0 Å². The average Bonchev–Trinajstić information content (AvgIpc) is 2.87. The van der Waals surface area contributed by atoms with Gasteiger partial charge in [-0.15, -0.1) is 11.3 Å². The highest BCUT2D eigenvalue weighted by Crippen LogP contribution is 2.13. The Morgan fingerprint density at radius 3 is 2.81 bits per heavy atom. The van der Waals surface area contributed by atoms with Crippen LogP contribution in [0.2, 0.25) is 0 Å². The molecule has 0 aliphatic carbocycles. The van der Waals surface area contributed by atoms with Crippen LogP contribution in [-0.2, 0) is 10.0 Å². The van der Waals surface area contributed by atoms with Crippen LogP contribution in [0.1, 0.15) is 21.7 Å². The van der Waals surface area contributed by atoms with Gasteiger partial charge >= 0.3 is 0 Å². The van der Waals surface area contributed by atoms with E-state index in [9.17, 15) is 13.2 Å². The molecule has 21 heavy (non-hydrogen) atoms. The van der Waals surface area contributed by atoms with Crippen molar-refractivity contribution in [3.05, 3.63) is 21.9 Å². The maximum absolute atomic E-state index is 11.8. The molecule has 116 valence electrons. The molecule has 2 N–H and O–H groups in total. The summed E-state index contributed by atoms with van der Waals surface area (Å²) in [6, 6.07) is 1.64. The fourth-order valence-electron chi connectivity index (χ4n) is 1.30. The Morgan fingerprint density at radius 2 is 2.19 bits per heavy atom. The van der Waals surface area contributed by atoms with Crippen molar-refractivity contribution in [1.82, 2.24) is 9.62 Å². The molecule has 0 aliphatic rings. The lowest BCUT2D eigenvalue weighted by Crippen LogP contribution is -2.33. The average molecular weight is 330 g/mol. The molecule has 0 bridgehead atoms. The summed E-state index contributed by atoms with van der Waals surface area (Å²) in [4.78, 5) is 12.6. The van der Waals surface area contributed by atoms with Crippen LogP contribution in [-0.4, -0.2) is 56.7 Å². The van der Waals surface area contributed by atoms with E-state index in [-0.39, 0.29) is 24.8 Å². The largest absolute Gasteiger partial charge is 0.395 e. The predicted octanol–water partition coefficient (Wildman–Crippen LogP) is 0.103. The lowest BCUT2D eigenvalue weighted by Gasteiger charge is -2.11. The number of aliphatic hydroxyl groups is 1. The summed E-state index contributed by atoms with van der Waals surface area (Å²) in [5, 5.41) is 12.9. The van der Waals surface area contributed by atoms with Gasteiger partial charge in [-0.05, 0) is 6.07 Å². The molecule has 0 saturated heterocycles. The monoisotopic (exact) mass is 330 g/mol. The topological polar surface area (TPSA) is 86.7 Å². The molecule has 0 fully saturated rings. The van der Waals surface area contributed by atoms with E-state index in [4.69, 9.17) is 5.11 Å². The van der Waals surface area contributed by atoms with Crippen LogP contribution in [0.3, 0.4) is 0 Å². The molecule has 0 spiro atoms. The smallest absolute Gasteiger partial charge is 0.252 e. The second-order valence-electron chi connectivity index (χ2n) is 4.33. The van der Waals surface area contributed by atoms with Crippen molar-refractivity contribution in [3.63, 3.8) is 0 Å². The number of carbonyl (C=O) groups excluding carboxylic acids is 1. The van der Waals surface area contributed by atoms with Crippen molar-refractivity contribution in [3.8, 4) is 11.8 Å². The molecule has 1 rings (SSSR count). The Bertz CT molecular complexity index is 639. The van der Waals surface area contributed by atoms with E-state index in [2.05, 4.69) is 17.2 Å². The van der Waals surface area contributed by atoms with Crippen LogP contribution in [0.15, 0.2) is 11.4 Å². The van der Waals surface area contributed by atoms with Gasteiger partial charge in [-0.1, -0.05) is 11.8 Å². The number of amides is 1. The van der Waals surface area contributed by atoms with E-state index >= 15 is 0 Å². The molecular formula is C13H18N2O4S2. The summed E-state index contributed by atoms with van der Waals surface area (Å²) < 4.78 is 24.2. The number of nitrogens with zero attached hydrogens (tertiary/aromatic N) is 1. The number of sulfonamides is 1. The Hall–Kier alpha value is -1.40. The van der Waals surface area contributed by atoms with Gasteiger partial charge in [0.25, 0.3) is 5.91 Å². The minimum atomic E-state index is -3.31. The lowest BCUT2D eigenvalue weighted by atomic mass is 10.3. The van der Waals surface area contributed by atoms with Crippen LogP contribution in [0, 0.1) is 11.8 Å². The molecule has 1 aromatic heterocycles. The summed E-state index contributed by atoms with van der Waals surface area (Å²) in [7, 11) is -0.407. The van der Waals surface area contributed by atoms with E-state index in [0.29, 0.717) is 12.0 Å². The molecule has 0 aromatic carbocycles. The zero-order valence-corrected chi connectivity index (χ0v) is 13.6. The van der Waals surface area contributed by atoms with Gasteiger partial charge in [0, 0.05) is 32.4 Å². The van der Waals surface area contributed by atoms with Gasteiger partial charge in [0.1, 0.15) is 0 Å². The standard InChI is InChI=1S/C13H18N2O4S2/c1-15(2)21(18,19)8-6-14-13(17)11-9-12(20-10-11)5-3-4-7-16/h9-10,16H,4,6-8H2,1-2H3,(H,14,17). The third-order valence-corrected chi connectivity index (χ3v) is 5.19. The first kappa shape index (κ1) is 17.7. The van der Waals surface area contributed by atoms with Crippen molar-refractivity contribution >= 4 is 27.3 Å². The quantitative estimate of drug-likeness (QED) is 0.725. The minimum Gasteiger partial charge on any atom is -0.395 e. The maximum atomic E-state index is 11.8. The van der Waals surface area contributed by atoms with Gasteiger partial charge in [-0.25, -0.2) is 12.7 Å². The molecule has 0 radical (unpaired) electrons. The molecule has 8 heteroatoms. The first-order chi connectivity index (χ1) is 9.86. The number of aliphatic hydroxyl groups excluding tert-OH is 1. The first-order valence-electron chi connectivity index (χ1n) is 6.23. The van der Waals surface area contributed by atoms with E-state index in [0.717, 1.165) is 9.18 Å². The van der Waals surface area contributed by atoms with Crippen LogP contribution >= 0.6 is 11.3 Å². The van der Waals surface area contributed by atoms with Crippen LogP contribution in [0.5, 0.6) is 0 Å². The molecule has 1 aromatic rings. The second kappa shape index (κ2) is 8.14. The molecule has 1 heterocycles. The van der Waals surface area contributed by atoms with Gasteiger partial charge < -0.3 is 10.4 Å². The van der Waals surface area contributed by atoms with Crippen LogP contribution in [0.25, 0.3) is 0 Å². The number of rotatable bonds is 6. The summed E-state index contributed by atoms with van der Waals surface area (Å²) in [5.74, 6) is 5.15. The Labute approximate surface area is 128 Å². The first-order valence-corrected chi connectivity index (χ1v) is 8.72. The summed E-state index contributed by atoms with van der Waals surface area (Å²) in [5.41, 5.74) is 0.454. The van der Waals surface area contributed by atoms with Crippen molar-refractivity contribution in [1.29, 1.82) is 0 Å². The molecule has 6 nitrogen and oxygen atoms in total. The number of thiophene rings is 1. The molecule has 1 amide bonds. The predicted molar refractivity (Wildman–Crippen MR) is 82.7 cm³/mol. The second-order valence-corrected chi connectivity index (χ2v) is 7.54. The highest BCUT2D eigenvalue weighted by atomic mass is 32.2. The summed E-state index contributed by atoms with van der Waals surface area (Å²) >= 11 is 1.33. The molecule has 0 unspecified atom stereocenters. The maximum Gasteiger partial charge on any atom is 0.252 e. The normalized spacial score (nSPS) is 11.0. The van der Waals surface area contributed by atoms with Crippen LogP contribution < -0.4 is 5.32 Å². The van der Waals surface area contributed by atoms with Crippen molar-refractivity contribution < 1.29 is 18.3 Å². The third kappa shape index (κ3) is 5.85. The molecule has 0 atom stereocenters. The van der Waals surface area contributed by atoms with Gasteiger partial charge in [0.05, 0.1) is 22.8 Å². The van der Waals surface area contributed by atoms with Gasteiger partial charge in [0.15, 0.2) is 0 Å². The van der Waals surface area contributed by atoms with E-state index < -0.39 is 10.0 Å². The van der Waals surface area contributed by atoms with Crippen LogP contribution in [0.4, 0.5) is 0 Å². The third-order valence-electron chi connectivity index (χ3n) is 2.51. The number of hydrogen-bond acceptors (Lipinski definition) is 5.